The molecule has 0 saturated heterocycles. The van der Waals surface area contributed by atoms with Crippen LogP contribution in [0.5, 0.6) is 0 Å². The number of carbonyl (C=O) groups excluding carboxylic acids is 1. The minimum absolute atomic E-state index is 0.0243. The molecule has 8 nitrogen and oxygen atoms in total. The molecule has 2 aromatic carbocycles. The van der Waals surface area contributed by atoms with Crippen LogP contribution in [0.3, 0.4) is 0 Å². The van der Waals surface area contributed by atoms with Gasteiger partial charge >= 0.3 is 0 Å². The van der Waals surface area contributed by atoms with Crippen LogP contribution in [0.25, 0.3) is 11.1 Å². The van der Waals surface area contributed by atoms with Crippen LogP contribution in [0.2, 0.25) is 0 Å². The molecule has 3 rings (SSSR count). The molecule has 0 saturated carbocycles. The van der Waals surface area contributed by atoms with E-state index in [2.05, 4.69) is 10.3 Å². The number of rotatable bonds is 12. The molecule has 34 heavy (non-hydrogen) atoms. The molecule has 0 bridgehead atoms. The number of carbonyl (C=O) groups is 1. The van der Waals surface area contributed by atoms with Gasteiger partial charge in [-0.25, -0.2) is 13.4 Å². The van der Waals surface area contributed by atoms with E-state index < -0.39 is 39.1 Å². The summed E-state index contributed by atoms with van der Waals surface area (Å²) in [6, 6.07) is 15.5. The molecule has 0 aliphatic rings. The fourth-order valence-corrected chi connectivity index (χ4v) is 6.43. The average molecular weight is 488 g/mol. The van der Waals surface area contributed by atoms with Gasteiger partial charge in [0.25, 0.3) is 0 Å². The van der Waals surface area contributed by atoms with Crippen LogP contribution in [-0.4, -0.2) is 41.7 Å². The zero-order valence-electron chi connectivity index (χ0n) is 19.8. The number of benzene rings is 2. The highest BCUT2D eigenvalue weighted by Crippen LogP contribution is 2.37. The maximum absolute atomic E-state index is 13.3. The van der Waals surface area contributed by atoms with Crippen molar-refractivity contribution in [3.8, 4) is 0 Å². The molecule has 0 aliphatic carbocycles. The highest BCUT2D eigenvalue weighted by atomic mass is 32.2. The number of aliphatic hydroxyl groups excluding tert-OH is 1. The van der Waals surface area contributed by atoms with Gasteiger partial charge in [-0.15, -0.1) is 0 Å². The molecule has 1 aromatic heterocycles. The Balaban J connectivity index is 2.06. The molecule has 3 atom stereocenters. The Hall–Kier alpha value is -2.75. The number of nitrogens with one attached hydrogen (secondary N) is 1. The zero-order chi connectivity index (χ0) is 24.9. The monoisotopic (exact) mass is 487 g/mol. The molecule has 1 heterocycles. The van der Waals surface area contributed by atoms with Crippen LogP contribution in [-0.2, 0) is 20.4 Å². The van der Waals surface area contributed by atoms with Crippen LogP contribution in [0.1, 0.15) is 51.2 Å². The number of para-hydroxylation sites is 2. The molecular formula is C25H33N3O5S. The second kappa shape index (κ2) is 10.7. The van der Waals surface area contributed by atoms with Crippen LogP contribution in [0.15, 0.2) is 59.0 Å². The fourth-order valence-electron chi connectivity index (χ4n) is 4.50. The van der Waals surface area contributed by atoms with E-state index in [4.69, 9.17) is 10.2 Å². The molecule has 0 radical (unpaired) electrons. The van der Waals surface area contributed by atoms with Gasteiger partial charge in [0.05, 0.1) is 11.5 Å². The summed E-state index contributed by atoms with van der Waals surface area (Å²) >= 11 is 0. The third kappa shape index (κ3) is 5.84. The van der Waals surface area contributed by atoms with Gasteiger partial charge in [0, 0.05) is 12.0 Å². The van der Waals surface area contributed by atoms with Crippen molar-refractivity contribution in [3.05, 3.63) is 66.1 Å². The molecule has 2 unspecified atom stereocenters. The second-order valence-electron chi connectivity index (χ2n) is 9.01. The summed E-state index contributed by atoms with van der Waals surface area (Å²) in [4.78, 5) is 17.4. The van der Waals surface area contributed by atoms with Gasteiger partial charge < -0.3 is 15.3 Å². The first-order chi connectivity index (χ1) is 16.1. The van der Waals surface area contributed by atoms with Crippen LogP contribution >= 0.6 is 0 Å². The Kier molecular flexibility index (Phi) is 8.12. The van der Waals surface area contributed by atoms with Gasteiger partial charge in [0.15, 0.2) is 15.4 Å². The van der Waals surface area contributed by atoms with Gasteiger partial charge in [-0.05, 0) is 38.0 Å². The molecule has 0 spiro atoms. The highest BCUT2D eigenvalue weighted by molar-refractivity contribution is 7.90. The number of nitrogens with zero attached hydrogens (tertiary/aromatic N) is 1. The van der Waals surface area contributed by atoms with Crippen molar-refractivity contribution in [2.45, 2.75) is 57.1 Å². The van der Waals surface area contributed by atoms with Crippen LogP contribution in [0.4, 0.5) is 0 Å². The minimum atomic E-state index is -3.81. The minimum Gasteiger partial charge on any atom is -0.438 e. The Morgan fingerprint density at radius 2 is 1.79 bits per heavy atom. The Morgan fingerprint density at radius 1 is 1.15 bits per heavy atom. The summed E-state index contributed by atoms with van der Waals surface area (Å²) in [5, 5.41) is 14.5. The van der Waals surface area contributed by atoms with E-state index in [1.165, 1.54) is 0 Å². The highest BCUT2D eigenvalue weighted by Gasteiger charge is 2.51. The lowest BCUT2D eigenvalue weighted by Crippen LogP contribution is -2.66. The normalized spacial score (nSPS) is 15.8. The van der Waals surface area contributed by atoms with Crippen molar-refractivity contribution in [2.75, 3.05) is 5.75 Å². The van der Waals surface area contributed by atoms with E-state index in [-0.39, 0.29) is 17.7 Å². The van der Waals surface area contributed by atoms with Crippen molar-refractivity contribution >= 4 is 26.8 Å². The smallest absolute Gasteiger partial charge is 0.239 e. The standard InChI is InChI=1S/C25H33N3O5S/c1-4-10-19(22(29)23-27-20-13-8-9-14-21(20)33-23)25(24(26)30,28-17(2)3)16-34(31,32)15-18-11-6-5-7-12-18/h5-9,11-14,17,19,22,28-29H,4,10,15-16H2,1-3H3,(H2,26,30)/t19-,22?,25?/m1/s1. The number of oxazole rings is 1. The van der Waals surface area contributed by atoms with Gasteiger partial charge in [-0.3, -0.25) is 10.1 Å². The lowest BCUT2D eigenvalue weighted by Gasteiger charge is -2.41. The first-order valence-electron chi connectivity index (χ1n) is 11.4. The topological polar surface area (TPSA) is 136 Å². The number of primary amides is 1. The second-order valence-corrected chi connectivity index (χ2v) is 11.1. The van der Waals surface area contributed by atoms with Gasteiger partial charge in [0.1, 0.15) is 17.2 Å². The quantitative estimate of drug-likeness (QED) is 0.357. The van der Waals surface area contributed by atoms with Crippen molar-refractivity contribution in [1.82, 2.24) is 10.3 Å². The van der Waals surface area contributed by atoms with E-state index in [0.717, 1.165) is 0 Å². The van der Waals surface area contributed by atoms with E-state index >= 15 is 0 Å². The zero-order valence-corrected chi connectivity index (χ0v) is 20.6. The van der Waals surface area contributed by atoms with E-state index in [1.54, 1.807) is 68.4 Å². The summed E-state index contributed by atoms with van der Waals surface area (Å²) in [7, 11) is -3.81. The largest absolute Gasteiger partial charge is 0.438 e. The molecule has 9 heteroatoms. The van der Waals surface area contributed by atoms with Gasteiger partial charge in [-0.1, -0.05) is 55.8 Å². The van der Waals surface area contributed by atoms with Gasteiger partial charge in [-0.2, -0.15) is 0 Å². The summed E-state index contributed by atoms with van der Waals surface area (Å²) < 4.78 is 32.5. The number of aliphatic hydroxyl groups is 1. The SMILES string of the molecule is CCC[C@H](C(O)c1nc2ccccc2o1)C(CS(=O)(=O)Cc1ccccc1)(NC(C)C)C(N)=O. The fraction of sp³-hybridized carbons (Fsp3) is 0.440. The van der Waals surface area contributed by atoms with E-state index in [9.17, 15) is 18.3 Å². The summed E-state index contributed by atoms with van der Waals surface area (Å²) in [5.74, 6) is -2.52. The molecule has 0 fully saturated rings. The number of nitrogens with two attached hydrogens (primary N) is 1. The van der Waals surface area contributed by atoms with E-state index in [0.29, 0.717) is 29.5 Å². The molecule has 184 valence electrons. The van der Waals surface area contributed by atoms with Crippen molar-refractivity contribution < 1.29 is 22.7 Å². The number of hydrogen-bond donors (Lipinski definition) is 3. The van der Waals surface area contributed by atoms with Crippen molar-refractivity contribution in [3.63, 3.8) is 0 Å². The maximum Gasteiger partial charge on any atom is 0.239 e. The summed E-state index contributed by atoms with van der Waals surface area (Å²) in [6.07, 6.45) is -0.447. The van der Waals surface area contributed by atoms with Gasteiger partial charge in [0.2, 0.25) is 11.8 Å². The average Bonchev–Trinajstić information content (AvgIpc) is 3.20. The lowest BCUT2D eigenvalue weighted by molar-refractivity contribution is -0.129. The summed E-state index contributed by atoms with van der Waals surface area (Å²) in [5.41, 5.74) is 5.84. The first-order valence-corrected chi connectivity index (χ1v) is 13.3. The number of sulfone groups is 1. The van der Waals surface area contributed by atoms with Crippen molar-refractivity contribution in [1.29, 1.82) is 0 Å². The predicted molar refractivity (Wildman–Crippen MR) is 131 cm³/mol. The Morgan fingerprint density at radius 3 is 2.38 bits per heavy atom. The maximum atomic E-state index is 13.3. The first kappa shape index (κ1) is 25.9. The molecule has 4 N–H and O–H groups in total. The van der Waals surface area contributed by atoms with E-state index in [1.807, 2.05) is 6.92 Å². The number of fused-ring (bicyclic) bond motifs is 1. The Labute approximate surface area is 200 Å². The molecule has 0 aliphatic heterocycles. The molecular weight excluding hydrogens is 454 g/mol. The Bertz CT molecular complexity index is 1180. The number of aromatic nitrogens is 1. The molecule has 3 aromatic rings. The lowest BCUT2D eigenvalue weighted by atomic mass is 9.77. The summed E-state index contributed by atoms with van der Waals surface area (Å²) in [6.45, 7) is 5.50. The number of amides is 1. The third-order valence-electron chi connectivity index (χ3n) is 5.84. The van der Waals surface area contributed by atoms with Crippen LogP contribution in [0, 0.1) is 5.92 Å². The van der Waals surface area contributed by atoms with Crippen molar-refractivity contribution in [2.24, 2.45) is 11.7 Å². The molecule has 1 amide bonds. The predicted octanol–water partition coefficient (Wildman–Crippen LogP) is 3.11. The third-order valence-corrected chi connectivity index (χ3v) is 7.51. The number of hydrogen-bond acceptors (Lipinski definition) is 7. The van der Waals surface area contributed by atoms with Crippen LogP contribution < -0.4 is 11.1 Å².